The monoisotopic (exact) mass is 357 g/mol. The van der Waals surface area contributed by atoms with Crippen molar-refractivity contribution in [2.24, 2.45) is 5.92 Å². The summed E-state index contributed by atoms with van der Waals surface area (Å²) >= 11 is 3.68. The molecule has 4 heteroatoms. The maximum atomic E-state index is 5.45. The van der Waals surface area contributed by atoms with Gasteiger partial charge in [-0.15, -0.1) is 0 Å². The second-order valence-electron chi connectivity index (χ2n) is 5.31. The van der Waals surface area contributed by atoms with Crippen molar-refractivity contribution >= 4 is 15.9 Å². The smallest absolute Gasteiger partial charge is 0.161 e. The van der Waals surface area contributed by atoms with E-state index in [-0.39, 0.29) is 0 Å². The third kappa shape index (κ3) is 4.62. The van der Waals surface area contributed by atoms with Crippen molar-refractivity contribution in [3.05, 3.63) is 22.2 Å². The lowest BCUT2D eigenvalue weighted by Crippen LogP contribution is -2.25. The van der Waals surface area contributed by atoms with Crippen molar-refractivity contribution in [1.82, 2.24) is 5.32 Å². The molecule has 0 fully saturated rings. The summed E-state index contributed by atoms with van der Waals surface area (Å²) in [5, 5.41) is 3.48. The number of hydrogen-bond acceptors (Lipinski definition) is 3. The molecule has 2 atom stereocenters. The Morgan fingerprint density at radius 2 is 1.76 bits per heavy atom. The Hall–Kier alpha value is -0.740. The number of benzene rings is 1. The normalized spacial score (nSPS) is 13.8. The van der Waals surface area contributed by atoms with E-state index in [0.29, 0.717) is 12.0 Å². The summed E-state index contributed by atoms with van der Waals surface area (Å²) in [6, 6.07) is 4.39. The summed E-state index contributed by atoms with van der Waals surface area (Å²) in [5.74, 6) is 2.15. The van der Waals surface area contributed by atoms with E-state index in [4.69, 9.17) is 9.47 Å². The number of methoxy groups -OCH3 is 2. The summed E-state index contributed by atoms with van der Waals surface area (Å²) in [6.07, 6.45) is 4.90. The summed E-state index contributed by atoms with van der Waals surface area (Å²) < 4.78 is 11.9. The van der Waals surface area contributed by atoms with Crippen LogP contribution in [0.4, 0.5) is 0 Å². The van der Waals surface area contributed by atoms with Crippen LogP contribution in [-0.2, 0) is 0 Å². The Kier molecular flexibility index (Phi) is 8.12. The van der Waals surface area contributed by atoms with Crippen LogP contribution >= 0.6 is 15.9 Å². The molecule has 1 aromatic carbocycles. The van der Waals surface area contributed by atoms with Gasteiger partial charge in [0.1, 0.15) is 0 Å². The van der Waals surface area contributed by atoms with Crippen LogP contribution in [0.5, 0.6) is 11.5 Å². The Morgan fingerprint density at radius 3 is 2.24 bits per heavy atom. The zero-order valence-electron chi connectivity index (χ0n) is 13.8. The Labute approximate surface area is 137 Å². The van der Waals surface area contributed by atoms with Gasteiger partial charge in [0.25, 0.3) is 0 Å². The molecule has 0 aromatic heterocycles. The molecular formula is C17H28BrNO2. The molecule has 1 N–H and O–H groups in total. The molecular weight excluding hydrogens is 330 g/mol. The van der Waals surface area contributed by atoms with Crippen molar-refractivity contribution in [1.29, 1.82) is 0 Å². The standard InChI is InChI=1S/C17H28BrNO2/c1-6-8-9-12(7-2)17(19-3)13-10-15(20-4)16(21-5)11-14(13)18/h10-12,17,19H,6-9H2,1-5H3. The first-order chi connectivity index (χ1) is 10.1. The Morgan fingerprint density at radius 1 is 1.14 bits per heavy atom. The first-order valence-corrected chi connectivity index (χ1v) is 8.50. The second kappa shape index (κ2) is 9.31. The molecule has 1 rings (SSSR count). The van der Waals surface area contributed by atoms with Gasteiger partial charge in [-0.2, -0.15) is 0 Å². The Balaban J connectivity index is 3.14. The van der Waals surface area contributed by atoms with Gasteiger partial charge in [0.05, 0.1) is 14.2 Å². The molecule has 21 heavy (non-hydrogen) atoms. The van der Waals surface area contributed by atoms with Gasteiger partial charge in [-0.05, 0) is 37.1 Å². The number of nitrogens with one attached hydrogen (secondary N) is 1. The summed E-state index contributed by atoms with van der Waals surface area (Å²) in [4.78, 5) is 0. The van der Waals surface area contributed by atoms with E-state index < -0.39 is 0 Å². The van der Waals surface area contributed by atoms with Crippen molar-refractivity contribution in [3.63, 3.8) is 0 Å². The van der Waals surface area contributed by atoms with Gasteiger partial charge in [-0.25, -0.2) is 0 Å². The lowest BCUT2D eigenvalue weighted by atomic mass is 9.87. The van der Waals surface area contributed by atoms with E-state index in [1.54, 1.807) is 14.2 Å². The van der Waals surface area contributed by atoms with E-state index in [9.17, 15) is 0 Å². The highest BCUT2D eigenvalue weighted by Crippen LogP contribution is 2.39. The van der Waals surface area contributed by atoms with Gasteiger partial charge >= 0.3 is 0 Å². The van der Waals surface area contributed by atoms with Gasteiger partial charge in [-0.3, -0.25) is 0 Å². The summed E-state index contributed by atoms with van der Waals surface area (Å²) in [7, 11) is 5.37. The minimum absolute atomic E-state index is 0.315. The number of unbranched alkanes of at least 4 members (excludes halogenated alkanes) is 1. The van der Waals surface area contributed by atoms with Gasteiger partial charge in [0.2, 0.25) is 0 Å². The predicted octanol–water partition coefficient (Wildman–Crippen LogP) is 4.94. The van der Waals surface area contributed by atoms with E-state index in [1.807, 2.05) is 13.1 Å². The third-order valence-corrected chi connectivity index (χ3v) is 4.76. The number of rotatable bonds is 9. The molecule has 0 amide bonds. The topological polar surface area (TPSA) is 30.5 Å². The van der Waals surface area contributed by atoms with Crippen LogP contribution in [-0.4, -0.2) is 21.3 Å². The number of ether oxygens (including phenoxy) is 2. The molecule has 120 valence electrons. The van der Waals surface area contributed by atoms with Crippen molar-refractivity contribution in [3.8, 4) is 11.5 Å². The van der Waals surface area contributed by atoms with Gasteiger partial charge in [0.15, 0.2) is 11.5 Å². The minimum Gasteiger partial charge on any atom is -0.493 e. The van der Waals surface area contributed by atoms with Crippen LogP contribution in [0.25, 0.3) is 0 Å². The average molecular weight is 358 g/mol. The molecule has 0 heterocycles. The molecule has 0 radical (unpaired) electrons. The van der Waals surface area contributed by atoms with Crippen molar-refractivity contribution < 1.29 is 9.47 Å². The maximum absolute atomic E-state index is 5.45. The number of halogens is 1. The lowest BCUT2D eigenvalue weighted by molar-refractivity contribution is 0.331. The SMILES string of the molecule is CCCCC(CC)C(NC)c1cc(OC)c(OC)cc1Br. The zero-order chi connectivity index (χ0) is 15.8. The predicted molar refractivity (Wildman–Crippen MR) is 92.4 cm³/mol. The molecule has 2 unspecified atom stereocenters. The van der Waals surface area contributed by atoms with E-state index in [1.165, 1.54) is 24.8 Å². The van der Waals surface area contributed by atoms with Gasteiger partial charge in [-0.1, -0.05) is 49.0 Å². The molecule has 0 aliphatic heterocycles. The van der Waals surface area contributed by atoms with E-state index in [2.05, 4.69) is 41.2 Å². The molecule has 0 bridgehead atoms. The maximum Gasteiger partial charge on any atom is 0.161 e. The van der Waals surface area contributed by atoms with E-state index in [0.717, 1.165) is 22.4 Å². The van der Waals surface area contributed by atoms with E-state index >= 15 is 0 Å². The highest BCUT2D eigenvalue weighted by atomic mass is 79.9. The van der Waals surface area contributed by atoms with Crippen molar-refractivity contribution in [2.45, 2.75) is 45.6 Å². The quantitative estimate of drug-likeness (QED) is 0.678. The first-order valence-electron chi connectivity index (χ1n) is 7.71. The van der Waals surface area contributed by atoms with Crippen LogP contribution in [0.2, 0.25) is 0 Å². The first kappa shape index (κ1) is 18.3. The summed E-state index contributed by atoms with van der Waals surface area (Å²) in [5.41, 5.74) is 1.23. The van der Waals surface area contributed by atoms with Crippen LogP contribution in [0.3, 0.4) is 0 Å². The zero-order valence-corrected chi connectivity index (χ0v) is 15.4. The van der Waals surface area contributed by atoms with Crippen LogP contribution in [0.15, 0.2) is 16.6 Å². The highest BCUT2D eigenvalue weighted by molar-refractivity contribution is 9.10. The van der Waals surface area contributed by atoms with Crippen LogP contribution in [0.1, 0.15) is 51.1 Å². The largest absolute Gasteiger partial charge is 0.493 e. The highest BCUT2D eigenvalue weighted by Gasteiger charge is 2.23. The molecule has 0 saturated heterocycles. The third-order valence-electron chi connectivity index (χ3n) is 4.07. The van der Waals surface area contributed by atoms with Gasteiger partial charge < -0.3 is 14.8 Å². The fraction of sp³-hybridized carbons (Fsp3) is 0.647. The molecule has 3 nitrogen and oxygen atoms in total. The fourth-order valence-corrected chi connectivity index (χ4v) is 3.40. The van der Waals surface area contributed by atoms with Crippen LogP contribution < -0.4 is 14.8 Å². The lowest BCUT2D eigenvalue weighted by Gasteiger charge is -2.28. The number of hydrogen-bond donors (Lipinski definition) is 1. The molecule has 0 spiro atoms. The molecule has 0 aliphatic rings. The van der Waals surface area contributed by atoms with Crippen LogP contribution in [0, 0.1) is 5.92 Å². The Bertz CT molecular complexity index is 437. The second-order valence-corrected chi connectivity index (χ2v) is 6.16. The molecule has 1 aromatic rings. The average Bonchev–Trinajstić information content (AvgIpc) is 2.51. The minimum atomic E-state index is 0.315. The molecule has 0 saturated carbocycles. The van der Waals surface area contributed by atoms with Gasteiger partial charge in [0, 0.05) is 10.5 Å². The summed E-state index contributed by atoms with van der Waals surface area (Å²) in [6.45, 7) is 4.51. The molecule has 0 aliphatic carbocycles. The fourth-order valence-electron chi connectivity index (χ4n) is 2.83. The van der Waals surface area contributed by atoms with Crippen molar-refractivity contribution in [2.75, 3.05) is 21.3 Å².